The minimum absolute atomic E-state index is 0.0227. The summed E-state index contributed by atoms with van der Waals surface area (Å²) >= 11 is 0. The van der Waals surface area contributed by atoms with Crippen molar-refractivity contribution in [3.8, 4) is 11.1 Å². The normalized spacial score (nSPS) is 15.8. The molecule has 2 aromatic rings. The van der Waals surface area contributed by atoms with E-state index < -0.39 is 44.3 Å². The van der Waals surface area contributed by atoms with Crippen LogP contribution in [0.1, 0.15) is 26.7 Å². The van der Waals surface area contributed by atoms with Gasteiger partial charge in [0.2, 0.25) is 15.9 Å². The molecule has 14 heteroatoms. The van der Waals surface area contributed by atoms with E-state index in [2.05, 4.69) is 10.5 Å². The second kappa shape index (κ2) is 13.3. The molecule has 0 saturated heterocycles. The predicted octanol–water partition coefficient (Wildman–Crippen LogP) is 2.67. The lowest BCUT2D eigenvalue weighted by Crippen LogP contribution is -2.49. The monoisotopic (exact) mass is 618 g/mol. The summed E-state index contributed by atoms with van der Waals surface area (Å²) in [5.41, 5.74) is 8.97. The molecule has 3 rings (SSSR count). The summed E-state index contributed by atoms with van der Waals surface area (Å²) < 4.78 is 55.9. The number of anilines is 1. The topological polar surface area (TPSA) is 186 Å². The molecule has 1 aliphatic rings. The summed E-state index contributed by atoms with van der Waals surface area (Å²) in [6.45, 7) is 2.56. The van der Waals surface area contributed by atoms with Crippen molar-refractivity contribution in [3.63, 3.8) is 0 Å². The molecule has 0 bridgehead atoms. The van der Waals surface area contributed by atoms with Gasteiger partial charge in [0.1, 0.15) is 18.3 Å². The van der Waals surface area contributed by atoms with E-state index in [0.717, 1.165) is 16.8 Å². The number of amides is 1. The molecule has 1 atom stereocenters. The zero-order valence-corrected chi connectivity index (χ0v) is 25.3. The zero-order valence-electron chi connectivity index (χ0n) is 23.7. The van der Waals surface area contributed by atoms with Crippen molar-refractivity contribution < 1.29 is 36.4 Å². The van der Waals surface area contributed by atoms with Gasteiger partial charge in [0.15, 0.2) is 9.84 Å². The number of allylic oxidation sites excluding steroid dienone is 3. The molecule has 226 valence electrons. The maximum atomic E-state index is 13.7. The van der Waals surface area contributed by atoms with Crippen LogP contribution in [-0.4, -0.2) is 75.6 Å². The number of hydrogen-bond acceptors (Lipinski definition) is 10. The molecule has 2 aromatic carbocycles. The van der Waals surface area contributed by atoms with Crippen LogP contribution in [0, 0.1) is 0 Å². The number of carbonyl (C=O) groups excluding carboxylic acids is 2. The van der Waals surface area contributed by atoms with Gasteiger partial charge in [-0.05, 0) is 55.2 Å². The number of nitrogens with one attached hydrogen (secondary N) is 1. The largest absolute Gasteiger partial charge is 0.465 e. The molecule has 42 heavy (non-hydrogen) atoms. The van der Waals surface area contributed by atoms with Gasteiger partial charge in [-0.1, -0.05) is 41.6 Å². The number of sulfone groups is 1. The third-order valence-corrected chi connectivity index (χ3v) is 9.08. The fraction of sp³-hybridized carbons (Fsp3) is 0.321. The van der Waals surface area contributed by atoms with Gasteiger partial charge in [-0.25, -0.2) is 16.8 Å². The fourth-order valence-corrected chi connectivity index (χ4v) is 6.40. The molecule has 1 aliphatic carbocycles. The number of nitrogens with zero attached hydrogens (tertiary/aromatic N) is 2. The number of esters is 1. The van der Waals surface area contributed by atoms with Crippen molar-refractivity contribution in [2.24, 2.45) is 10.9 Å². The summed E-state index contributed by atoms with van der Waals surface area (Å²) in [6, 6.07) is 11.5. The first-order valence-corrected chi connectivity index (χ1v) is 16.6. The van der Waals surface area contributed by atoms with Gasteiger partial charge >= 0.3 is 5.97 Å². The first kappa shape index (κ1) is 32.5. The number of sulfonamides is 1. The highest BCUT2D eigenvalue weighted by atomic mass is 32.2. The highest BCUT2D eigenvalue weighted by Gasteiger charge is 2.36. The van der Waals surface area contributed by atoms with Gasteiger partial charge in [0.25, 0.3) is 0 Å². The molecule has 0 heterocycles. The smallest absolute Gasteiger partial charge is 0.321 e. The Labute approximate surface area is 245 Å². The van der Waals surface area contributed by atoms with Crippen LogP contribution in [0.25, 0.3) is 11.1 Å². The summed E-state index contributed by atoms with van der Waals surface area (Å²) in [5, 5.41) is 15.1. The summed E-state index contributed by atoms with van der Waals surface area (Å²) in [6.07, 6.45) is 3.72. The molecule has 1 unspecified atom stereocenters. The number of carbonyl (C=O) groups is 2. The SMILES string of the molecule is CCOC(=O)CN(C(CC1=CCC(=NO)C(N)=C1C)C(=O)Nc1ccc(-c2ccccc2S(C)(=O)=O)cc1)S(C)(=O)=O. The number of benzene rings is 2. The van der Waals surface area contributed by atoms with E-state index in [4.69, 9.17) is 10.5 Å². The molecule has 1 amide bonds. The maximum Gasteiger partial charge on any atom is 0.321 e. The third kappa shape index (κ3) is 7.84. The number of nitrogens with two attached hydrogens (primary N) is 1. The van der Waals surface area contributed by atoms with Crippen LogP contribution in [0.5, 0.6) is 0 Å². The molecule has 0 aromatic heterocycles. The highest BCUT2D eigenvalue weighted by Crippen LogP contribution is 2.30. The van der Waals surface area contributed by atoms with Crippen molar-refractivity contribution >= 4 is 43.1 Å². The average Bonchev–Trinajstić information content (AvgIpc) is 2.92. The maximum absolute atomic E-state index is 13.7. The van der Waals surface area contributed by atoms with Gasteiger partial charge in [-0.3, -0.25) is 9.59 Å². The molecule has 4 N–H and O–H groups in total. The lowest BCUT2D eigenvalue weighted by atomic mass is 9.90. The molecular formula is C28H34N4O8S2. The van der Waals surface area contributed by atoms with Crippen LogP contribution in [0.15, 0.2) is 81.5 Å². The van der Waals surface area contributed by atoms with Crippen molar-refractivity contribution in [1.82, 2.24) is 4.31 Å². The Morgan fingerprint density at radius 3 is 2.31 bits per heavy atom. The van der Waals surface area contributed by atoms with Gasteiger partial charge < -0.3 is 21.0 Å². The predicted molar refractivity (Wildman–Crippen MR) is 159 cm³/mol. The molecule has 0 fully saturated rings. The molecule has 0 saturated carbocycles. The molecule has 12 nitrogen and oxygen atoms in total. The van der Waals surface area contributed by atoms with Gasteiger partial charge in [-0.2, -0.15) is 4.31 Å². The summed E-state index contributed by atoms with van der Waals surface area (Å²) in [7, 11) is -7.59. The molecule has 0 aliphatic heterocycles. The Morgan fingerprint density at radius 2 is 1.74 bits per heavy atom. The van der Waals surface area contributed by atoms with E-state index in [1.54, 1.807) is 62.4 Å². The minimum atomic E-state index is -4.10. The Hall–Kier alpha value is -4.01. The second-order valence-corrected chi connectivity index (χ2v) is 13.6. The number of oxime groups is 1. The minimum Gasteiger partial charge on any atom is -0.465 e. The quantitative estimate of drug-likeness (QED) is 0.193. The number of ether oxygens (including phenoxy) is 1. The lowest BCUT2D eigenvalue weighted by Gasteiger charge is -2.30. The van der Waals surface area contributed by atoms with E-state index in [0.29, 0.717) is 28.0 Å². The van der Waals surface area contributed by atoms with Gasteiger partial charge in [0, 0.05) is 23.9 Å². The number of rotatable bonds is 11. The summed E-state index contributed by atoms with van der Waals surface area (Å²) in [4.78, 5) is 26.2. The van der Waals surface area contributed by atoms with E-state index >= 15 is 0 Å². The van der Waals surface area contributed by atoms with Crippen LogP contribution in [0.3, 0.4) is 0 Å². The standard InChI is InChI=1S/C28H34N4O8S2/c1-5-40-26(33)17-32(42(4,38)39)24(16-20-12-15-23(31-35)27(29)18(20)2)28(34)30-21-13-10-19(11-14-21)22-8-6-7-9-25(22)41(3,36)37/h6-14,24,35H,5,15-17,29H2,1-4H3,(H,30,34). The van der Waals surface area contributed by atoms with Crippen LogP contribution in [-0.2, 0) is 34.2 Å². The van der Waals surface area contributed by atoms with Crippen LogP contribution >= 0.6 is 0 Å². The third-order valence-electron chi connectivity index (χ3n) is 6.69. The van der Waals surface area contributed by atoms with Gasteiger partial charge in [0.05, 0.1) is 23.5 Å². The molecule has 0 radical (unpaired) electrons. The van der Waals surface area contributed by atoms with E-state index in [1.807, 2.05) is 0 Å². The lowest BCUT2D eigenvalue weighted by molar-refractivity contribution is -0.143. The highest BCUT2D eigenvalue weighted by molar-refractivity contribution is 7.90. The molecule has 0 spiro atoms. The van der Waals surface area contributed by atoms with Crippen molar-refractivity contribution in [1.29, 1.82) is 0 Å². The van der Waals surface area contributed by atoms with Crippen LogP contribution < -0.4 is 11.1 Å². The van der Waals surface area contributed by atoms with Crippen LogP contribution in [0.4, 0.5) is 5.69 Å². The second-order valence-electron chi connectivity index (χ2n) is 9.69. The average molecular weight is 619 g/mol. The van der Waals surface area contributed by atoms with E-state index in [-0.39, 0.29) is 35.8 Å². The van der Waals surface area contributed by atoms with Gasteiger partial charge in [-0.15, -0.1) is 0 Å². The van der Waals surface area contributed by atoms with Crippen LogP contribution in [0.2, 0.25) is 0 Å². The number of hydrogen-bond donors (Lipinski definition) is 3. The first-order chi connectivity index (χ1) is 19.7. The fourth-order valence-electron chi connectivity index (χ4n) is 4.52. The Bertz CT molecular complexity index is 1660. The first-order valence-electron chi connectivity index (χ1n) is 12.9. The molecular weight excluding hydrogens is 584 g/mol. The summed E-state index contributed by atoms with van der Waals surface area (Å²) in [5.74, 6) is -1.54. The van der Waals surface area contributed by atoms with Crippen molar-refractivity contribution in [2.75, 3.05) is 31.0 Å². The van der Waals surface area contributed by atoms with E-state index in [9.17, 15) is 31.6 Å². The Morgan fingerprint density at radius 1 is 1.10 bits per heavy atom. The van der Waals surface area contributed by atoms with E-state index in [1.165, 1.54) is 6.07 Å². The Balaban J connectivity index is 1.97. The van der Waals surface area contributed by atoms with Crippen molar-refractivity contribution in [2.45, 2.75) is 37.6 Å². The zero-order chi connectivity index (χ0) is 31.2. The van der Waals surface area contributed by atoms with Crippen molar-refractivity contribution in [3.05, 3.63) is 71.5 Å². The Kier molecular flexibility index (Phi) is 10.3.